The Bertz CT molecular complexity index is 882. The zero-order valence-corrected chi connectivity index (χ0v) is 15.3. The molecule has 3 nitrogen and oxygen atoms in total. The van der Waals surface area contributed by atoms with Crippen molar-refractivity contribution in [1.82, 2.24) is 9.88 Å². The molecule has 0 bridgehead atoms. The molecular weight excluding hydrogens is 388 g/mol. The van der Waals surface area contributed by atoms with Crippen LogP contribution in [0.15, 0.2) is 53.1 Å². The van der Waals surface area contributed by atoms with E-state index in [9.17, 15) is 0 Å². The summed E-state index contributed by atoms with van der Waals surface area (Å²) in [6.45, 7) is 2.40. The van der Waals surface area contributed by atoms with Gasteiger partial charge < -0.3 is 4.74 Å². The molecule has 1 aromatic heterocycles. The number of rotatable bonds is 3. The molecule has 1 aliphatic heterocycles. The van der Waals surface area contributed by atoms with Gasteiger partial charge in [0.2, 0.25) is 0 Å². The van der Waals surface area contributed by atoms with E-state index >= 15 is 0 Å². The van der Waals surface area contributed by atoms with Gasteiger partial charge in [0.15, 0.2) is 5.75 Å². The third-order valence-corrected chi connectivity index (χ3v) is 5.20. The van der Waals surface area contributed by atoms with E-state index in [-0.39, 0.29) is 0 Å². The molecule has 0 amide bonds. The number of halogens is 2. The van der Waals surface area contributed by atoms with Crippen LogP contribution in [0.1, 0.15) is 11.1 Å². The van der Waals surface area contributed by atoms with Gasteiger partial charge in [-0.1, -0.05) is 45.7 Å². The van der Waals surface area contributed by atoms with Crippen LogP contribution in [0.25, 0.3) is 10.9 Å². The van der Waals surface area contributed by atoms with E-state index in [4.69, 9.17) is 16.3 Å². The van der Waals surface area contributed by atoms with E-state index in [1.165, 1.54) is 11.1 Å². The largest absolute Gasteiger partial charge is 0.475 e. The van der Waals surface area contributed by atoms with Gasteiger partial charge in [0.1, 0.15) is 12.2 Å². The van der Waals surface area contributed by atoms with Crippen molar-refractivity contribution in [2.75, 3.05) is 13.3 Å². The highest BCUT2D eigenvalue weighted by molar-refractivity contribution is 9.10. The number of hydrogen-bond donors (Lipinski definition) is 0. The van der Waals surface area contributed by atoms with Crippen LogP contribution < -0.4 is 4.74 Å². The fourth-order valence-corrected chi connectivity index (χ4v) is 3.75. The molecule has 2 heterocycles. The van der Waals surface area contributed by atoms with Crippen molar-refractivity contribution < 1.29 is 4.74 Å². The van der Waals surface area contributed by atoms with E-state index in [0.29, 0.717) is 6.73 Å². The molecule has 24 heavy (non-hydrogen) atoms. The Kier molecular flexibility index (Phi) is 4.44. The Balaban J connectivity index is 1.52. The van der Waals surface area contributed by atoms with Crippen LogP contribution in [0.2, 0.25) is 5.02 Å². The Morgan fingerprint density at radius 1 is 1.21 bits per heavy atom. The molecule has 1 aliphatic rings. The quantitative estimate of drug-likeness (QED) is 0.612. The minimum Gasteiger partial charge on any atom is -0.475 e. The summed E-state index contributed by atoms with van der Waals surface area (Å²) in [5, 5.41) is 1.86. The monoisotopic (exact) mass is 402 g/mol. The Labute approximate surface area is 154 Å². The zero-order chi connectivity index (χ0) is 16.5. The summed E-state index contributed by atoms with van der Waals surface area (Å²) in [5.74, 6) is 0.913. The van der Waals surface area contributed by atoms with Crippen LogP contribution >= 0.6 is 27.5 Å². The van der Waals surface area contributed by atoms with Crippen LogP contribution in [0, 0.1) is 0 Å². The lowest BCUT2D eigenvalue weighted by atomic mass is 10.1. The highest BCUT2D eigenvalue weighted by Crippen LogP contribution is 2.36. The fraction of sp³-hybridized carbons (Fsp3) is 0.211. The molecule has 4 rings (SSSR count). The van der Waals surface area contributed by atoms with Gasteiger partial charge in [-0.05, 0) is 36.2 Å². The van der Waals surface area contributed by atoms with E-state index in [1.54, 1.807) is 0 Å². The molecule has 2 aromatic carbocycles. The minimum absolute atomic E-state index is 0.591. The summed E-state index contributed by atoms with van der Waals surface area (Å²) < 4.78 is 7.10. The maximum atomic E-state index is 6.03. The number of nitrogens with zero attached hydrogens (tertiary/aromatic N) is 2. The molecule has 0 spiro atoms. The fourth-order valence-electron chi connectivity index (χ4n) is 3.03. The topological polar surface area (TPSA) is 25.4 Å². The molecule has 0 fully saturated rings. The van der Waals surface area contributed by atoms with E-state index in [1.807, 2.05) is 24.4 Å². The van der Waals surface area contributed by atoms with Gasteiger partial charge in [-0.25, -0.2) is 0 Å². The van der Waals surface area contributed by atoms with Crippen molar-refractivity contribution in [2.45, 2.75) is 13.0 Å². The second-order valence-electron chi connectivity index (χ2n) is 5.95. The first-order valence-electron chi connectivity index (χ1n) is 7.86. The lowest BCUT2D eigenvalue weighted by molar-refractivity contribution is 0.0980. The Morgan fingerprint density at radius 2 is 2.04 bits per heavy atom. The van der Waals surface area contributed by atoms with Crippen molar-refractivity contribution in [3.8, 4) is 5.75 Å². The second-order valence-corrected chi connectivity index (χ2v) is 7.24. The molecule has 122 valence electrons. The van der Waals surface area contributed by atoms with Gasteiger partial charge >= 0.3 is 0 Å². The second kappa shape index (κ2) is 6.71. The third kappa shape index (κ3) is 3.14. The first-order chi connectivity index (χ1) is 11.7. The highest BCUT2D eigenvalue weighted by Gasteiger charge is 2.21. The van der Waals surface area contributed by atoms with E-state index in [2.05, 4.69) is 50.1 Å². The van der Waals surface area contributed by atoms with Gasteiger partial charge in [-0.15, -0.1) is 0 Å². The molecule has 0 aliphatic carbocycles. The number of hydrogen-bond acceptors (Lipinski definition) is 3. The van der Waals surface area contributed by atoms with Gasteiger partial charge in [0.05, 0.1) is 0 Å². The SMILES string of the molecule is Clc1ccc(CCN2COc3c(cc(Br)c4cccnc34)C2)cc1. The molecule has 0 saturated carbocycles. The predicted molar refractivity (Wildman–Crippen MR) is 101 cm³/mol. The Hall–Kier alpha value is -1.62. The predicted octanol–water partition coefficient (Wildman–Crippen LogP) is 5.05. The first-order valence-corrected chi connectivity index (χ1v) is 9.03. The third-order valence-electron chi connectivity index (χ3n) is 4.29. The summed E-state index contributed by atoms with van der Waals surface area (Å²) in [6, 6.07) is 14.2. The number of benzene rings is 2. The summed E-state index contributed by atoms with van der Waals surface area (Å²) in [4.78, 5) is 6.80. The Morgan fingerprint density at radius 3 is 2.88 bits per heavy atom. The van der Waals surface area contributed by atoms with Crippen LogP contribution in [0.5, 0.6) is 5.75 Å². The average molecular weight is 404 g/mol. The molecule has 0 N–H and O–H groups in total. The van der Waals surface area contributed by atoms with Crippen molar-refractivity contribution in [2.24, 2.45) is 0 Å². The zero-order valence-electron chi connectivity index (χ0n) is 13.0. The molecule has 0 radical (unpaired) electrons. The van der Waals surface area contributed by atoms with Gasteiger partial charge in [0.25, 0.3) is 0 Å². The number of pyridine rings is 1. The lowest BCUT2D eigenvalue weighted by Crippen LogP contribution is -2.33. The summed E-state index contributed by atoms with van der Waals surface area (Å²) in [5.41, 5.74) is 3.39. The van der Waals surface area contributed by atoms with Crippen LogP contribution in [-0.2, 0) is 13.0 Å². The molecule has 0 unspecified atom stereocenters. The summed E-state index contributed by atoms with van der Waals surface area (Å²) in [7, 11) is 0. The van der Waals surface area contributed by atoms with Crippen LogP contribution in [0.3, 0.4) is 0 Å². The van der Waals surface area contributed by atoms with E-state index < -0.39 is 0 Å². The van der Waals surface area contributed by atoms with Crippen LogP contribution in [0.4, 0.5) is 0 Å². The van der Waals surface area contributed by atoms with Gasteiger partial charge in [-0.3, -0.25) is 9.88 Å². The van der Waals surface area contributed by atoms with Crippen molar-refractivity contribution >= 4 is 38.4 Å². The molecular formula is C19H16BrClN2O. The average Bonchev–Trinajstić information content (AvgIpc) is 2.61. The summed E-state index contributed by atoms with van der Waals surface area (Å²) in [6.07, 6.45) is 2.79. The first kappa shape index (κ1) is 15.9. The highest BCUT2D eigenvalue weighted by atomic mass is 79.9. The molecule has 0 atom stereocenters. The normalized spacial score (nSPS) is 14.4. The minimum atomic E-state index is 0.591. The van der Waals surface area contributed by atoms with E-state index in [0.717, 1.165) is 45.7 Å². The number of fused-ring (bicyclic) bond motifs is 3. The lowest BCUT2D eigenvalue weighted by Gasteiger charge is -2.29. The summed E-state index contributed by atoms with van der Waals surface area (Å²) >= 11 is 9.59. The maximum Gasteiger partial charge on any atom is 0.152 e. The molecule has 3 aromatic rings. The maximum absolute atomic E-state index is 6.03. The molecule has 0 saturated heterocycles. The number of aromatic nitrogens is 1. The van der Waals surface area contributed by atoms with Crippen molar-refractivity contribution in [1.29, 1.82) is 0 Å². The van der Waals surface area contributed by atoms with Crippen molar-refractivity contribution in [3.05, 3.63) is 69.3 Å². The van der Waals surface area contributed by atoms with Crippen LogP contribution in [-0.4, -0.2) is 23.2 Å². The van der Waals surface area contributed by atoms with Gasteiger partial charge in [0, 0.05) is 39.7 Å². The molecule has 5 heteroatoms. The van der Waals surface area contributed by atoms with Gasteiger partial charge in [-0.2, -0.15) is 0 Å². The van der Waals surface area contributed by atoms with Crippen molar-refractivity contribution in [3.63, 3.8) is 0 Å². The standard InChI is InChI=1S/C19H16BrClN2O/c20-17-10-14-11-23(9-7-13-3-5-15(21)6-4-13)12-24-19(14)18-16(17)2-1-8-22-18/h1-6,8,10H,7,9,11-12H2. The number of ether oxygens (including phenoxy) is 1. The smallest absolute Gasteiger partial charge is 0.152 e.